The second-order valence-electron chi connectivity index (χ2n) is 4.52. The van der Waals surface area contributed by atoms with Crippen molar-refractivity contribution in [2.75, 3.05) is 0 Å². The number of rotatable bonds is 3. The Kier molecular flexibility index (Phi) is 2.85. The predicted octanol–water partition coefficient (Wildman–Crippen LogP) is 3.98. The Morgan fingerprint density at radius 2 is 1.78 bits per heavy atom. The molecule has 0 fully saturated rings. The Labute approximate surface area is 107 Å². The summed E-state index contributed by atoms with van der Waals surface area (Å²) in [6, 6.07) is 16.9. The van der Waals surface area contributed by atoms with Gasteiger partial charge in [-0.2, -0.15) is 0 Å². The summed E-state index contributed by atoms with van der Waals surface area (Å²) in [7, 11) is 0. The molecule has 2 nitrogen and oxygen atoms in total. The average molecular weight is 236 g/mol. The van der Waals surface area contributed by atoms with Gasteiger partial charge >= 0.3 is 0 Å². The van der Waals surface area contributed by atoms with Crippen LogP contribution in [0.2, 0.25) is 0 Å². The summed E-state index contributed by atoms with van der Waals surface area (Å²) >= 11 is 0. The van der Waals surface area contributed by atoms with E-state index in [1.807, 2.05) is 24.5 Å². The van der Waals surface area contributed by atoms with Gasteiger partial charge in [-0.1, -0.05) is 37.6 Å². The molecule has 0 aliphatic carbocycles. The van der Waals surface area contributed by atoms with Crippen molar-refractivity contribution in [1.29, 1.82) is 0 Å². The minimum Gasteiger partial charge on any atom is -0.299 e. The van der Waals surface area contributed by atoms with Gasteiger partial charge in [0.05, 0.1) is 11.0 Å². The van der Waals surface area contributed by atoms with Crippen molar-refractivity contribution < 1.29 is 0 Å². The number of hydrogen-bond acceptors (Lipinski definition) is 1. The summed E-state index contributed by atoms with van der Waals surface area (Å²) in [5, 5.41) is 0. The summed E-state index contributed by atoms with van der Waals surface area (Å²) < 4.78 is 2.13. The number of para-hydroxylation sites is 2. The molecule has 2 aromatic carbocycles. The van der Waals surface area contributed by atoms with E-state index < -0.39 is 0 Å². The third-order valence-corrected chi connectivity index (χ3v) is 3.21. The maximum absolute atomic E-state index is 4.42. The molecule has 0 saturated carbocycles. The fourth-order valence-electron chi connectivity index (χ4n) is 2.28. The highest BCUT2D eigenvalue weighted by molar-refractivity contribution is 5.77. The fourth-order valence-corrected chi connectivity index (χ4v) is 2.28. The van der Waals surface area contributed by atoms with Crippen LogP contribution in [-0.4, -0.2) is 9.55 Å². The quantitative estimate of drug-likeness (QED) is 0.672. The zero-order valence-corrected chi connectivity index (χ0v) is 10.5. The molecule has 18 heavy (non-hydrogen) atoms. The summed E-state index contributed by atoms with van der Waals surface area (Å²) in [5.74, 6) is 0. The zero-order valence-electron chi connectivity index (χ0n) is 10.5. The molecule has 0 amide bonds. The van der Waals surface area contributed by atoms with Crippen LogP contribution in [0.15, 0.2) is 54.9 Å². The lowest BCUT2D eigenvalue weighted by atomic mass is 10.1. The third-order valence-electron chi connectivity index (χ3n) is 3.21. The first-order valence-electron chi connectivity index (χ1n) is 6.40. The average Bonchev–Trinajstić information content (AvgIpc) is 2.84. The van der Waals surface area contributed by atoms with Crippen molar-refractivity contribution in [1.82, 2.24) is 9.55 Å². The van der Waals surface area contributed by atoms with Gasteiger partial charge < -0.3 is 0 Å². The molecule has 3 aromatic rings. The Morgan fingerprint density at radius 3 is 2.56 bits per heavy atom. The van der Waals surface area contributed by atoms with Crippen LogP contribution in [0.1, 0.15) is 18.9 Å². The second kappa shape index (κ2) is 4.65. The van der Waals surface area contributed by atoms with E-state index in [4.69, 9.17) is 0 Å². The normalized spacial score (nSPS) is 10.9. The molecular weight excluding hydrogens is 220 g/mol. The summed E-state index contributed by atoms with van der Waals surface area (Å²) in [4.78, 5) is 4.42. The molecule has 0 radical (unpaired) electrons. The highest BCUT2D eigenvalue weighted by atomic mass is 15.0. The molecule has 0 N–H and O–H groups in total. The van der Waals surface area contributed by atoms with E-state index in [0.717, 1.165) is 17.5 Å². The molecule has 0 aliphatic heterocycles. The van der Waals surface area contributed by atoms with Gasteiger partial charge in [0.25, 0.3) is 0 Å². The van der Waals surface area contributed by atoms with E-state index in [1.54, 1.807) is 0 Å². The topological polar surface area (TPSA) is 17.8 Å². The van der Waals surface area contributed by atoms with Crippen molar-refractivity contribution in [3.63, 3.8) is 0 Å². The predicted molar refractivity (Wildman–Crippen MR) is 75.1 cm³/mol. The van der Waals surface area contributed by atoms with E-state index in [2.05, 4.69) is 46.8 Å². The lowest BCUT2D eigenvalue weighted by Crippen LogP contribution is -1.92. The SMILES string of the molecule is CCCc1ccc(-n2cnc3ccccc32)cc1. The summed E-state index contributed by atoms with van der Waals surface area (Å²) in [6.07, 6.45) is 4.22. The van der Waals surface area contributed by atoms with Crippen LogP contribution < -0.4 is 0 Å². The largest absolute Gasteiger partial charge is 0.299 e. The molecule has 0 bridgehead atoms. The molecule has 0 atom stereocenters. The van der Waals surface area contributed by atoms with Gasteiger partial charge in [-0.15, -0.1) is 0 Å². The van der Waals surface area contributed by atoms with Gasteiger partial charge in [0, 0.05) is 5.69 Å². The molecule has 3 rings (SSSR count). The van der Waals surface area contributed by atoms with E-state index in [-0.39, 0.29) is 0 Å². The Hall–Kier alpha value is -2.09. The maximum Gasteiger partial charge on any atom is 0.100 e. The molecule has 0 aliphatic rings. The van der Waals surface area contributed by atoms with E-state index in [1.165, 1.54) is 17.7 Å². The number of aryl methyl sites for hydroxylation is 1. The lowest BCUT2D eigenvalue weighted by molar-refractivity contribution is 0.920. The van der Waals surface area contributed by atoms with Gasteiger partial charge in [-0.05, 0) is 36.2 Å². The van der Waals surface area contributed by atoms with Crippen LogP contribution in [-0.2, 0) is 6.42 Å². The third kappa shape index (κ3) is 1.90. The molecule has 0 unspecified atom stereocenters. The van der Waals surface area contributed by atoms with Crippen LogP contribution in [0.25, 0.3) is 16.7 Å². The molecule has 1 aromatic heterocycles. The van der Waals surface area contributed by atoms with Gasteiger partial charge in [0.1, 0.15) is 6.33 Å². The fraction of sp³-hybridized carbons (Fsp3) is 0.188. The smallest absolute Gasteiger partial charge is 0.100 e. The summed E-state index contributed by atoms with van der Waals surface area (Å²) in [5.41, 5.74) is 4.75. The monoisotopic (exact) mass is 236 g/mol. The second-order valence-corrected chi connectivity index (χ2v) is 4.52. The molecule has 2 heteroatoms. The number of fused-ring (bicyclic) bond motifs is 1. The minimum atomic E-state index is 1.04. The van der Waals surface area contributed by atoms with E-state index in [9.17, 15) is 0 Å². The molecular formula is C16H16N2. The molecule has 1 heterocycles. The van der Waals surface area contributed by atoms with Crippen LogP contribution in [0.4, 0.5) is 0 Å². The number of nitrogens with zero attached hydrogens (tertiary/aromatic N) is 2. The standard InChI is InChI=1S/C16H16N2/c1-2-5-13-8-10-14(11-9-13)18-12-17-15-6-3-4-7-16(15)18/h3-4,6-12H,2,5H2,1H3. The number of benzene rings is 2. The zero-order chi connectivity index (χ0) is 12.4. The van der Waals surface area contributed by atoms with Gasteiger partial charge in [-0.25, -0.2) is 4.98 Å². The molecule has 90 valence electrons. The number of aromatic nitrogens is 2. The maximum atomic E-state index is 4.42. The van der Waals surface area contributed by atoms with Crippen molar-refractivity contribution in [3.8, 4) is 5.69 Å². The first-order chi connectivity index (χ1) is 8.88. The van der Waals surface area contributed by atoms with Crippen molar-refractivity contribution in [3.05, 3.63) is 60.4 Å². The van der Waals surface area contributed by atoms with E-state index >= 15 is 0 Å². The van der Waals surface area contributed by atoms with Crippen LogP contribution in [0.3, 0.4) is 0 Å². The van der Waals surface area contributed by atoms with Crippen LogP contribution in [0.5, 0.6) is 0 Å². The first kappa shape index (κ1) is 11.0. The van der Waals surface area contributed by atoms with Crippen molar-refractivity contribution >= 4 is 11.0 Å². The first-order valence-corrected chi connectivity index (χ1v) is 6.40. The lowest BCUT2D eigenvalue weighted by Gasteiger charge is -2.05. The van der Waals surface area contributed by atoms with Crippen molar-refractivity contribution in [2.24, 2.45) is 0 Å². The van der Waals surface area contributed by atoms with Gasteiger partial charge in [-0.3, -0.25) is 4.57 Å². The highest BCUT2D eigenvalue weighted by Gasteiger charge is 2.03. The Morgan fingerprint density at radius 1 is 1.00 bits per heavy atom. The van der Waals surface area contributed by atoms with E-state index in [0.29, 0.717) is 0 Å². The Bertz CT molecular complexity index is 650. The Balaban J connectivity index is 2.03. The minimum absolute atomic E-state index is 1.04. The highest BCUT2D eigenvalue weighted by Crippen LogP contribution is 2.18. The summed E-state index contributed by atoms with van der Waals surface area (Å²) in [6.45, 7) is 2.21. The number of hydrogen-bond donors (Lipinski definition) is 0. The van der Waals surface area contributed by atoms with Crippen molar-refractivity contribution in [2.45, 2.75) is 19.8 Å². The van der Waals surface area contributed by atoms with Crippen LogP contribution in [0, 0.1) is 0 Å². The molecule has 0 spiro atoms. The molecule has 0 saturated heterocycles. The number of imidazole rings is 1. The van der Waals surface area contributed by atoms with Crippen LogP contribution >= 0.6 is 0 Å². The van der Waals surface area contributed by atoms with Gasteiger partial charge in [0.2, 0.25) is 0 Å². The van der Waals surface area contributed by atoms with Gasteiger partial charge in [0.15, 0.2) is 0 Å².